The minimum Gasteiger partial charge on any atom is -0.298 e. The molecule has 20 heavy (non-hydrogen) atoms. The van der Waals surface area contributed by atoms with Crippen molar-refractivity contribution in [1.82, 2.24) is 9.21 Å². The van der Waals surface area contributed by atoms with Gasteiger partial charge in [0.1, 0.15) is 0 Å². The Morgan fingerprint density at radius 3 is 2.90 bits per heavy atom. The van der Waals surface area contributed by atoms with Gasteiger partial charge in [-0.2, -0.15) is 4.31 Å². The average molecular weight is 335 g/mol. The minimum absolute atomic E-state index is 0.372. The van der Waals surface area contributed by atoms with Crippen molar-refractivity contribution in [3.63, 3.8) is 0 Å². The molecular weight excluding hydrogens is 316 g/mol. The molecule has 0 aromatic carbocycles. The maximum Gasteiger partial charge on any atom is 0.244 e. The van der Waals surface area contributed by atoms with Crippen molar-refractivity contribution in [3.05, 3.63) is 16.3 Å². The highest BCUT2D eigenvalue weighted by Crippen LogP contribution is 2.28. The van der Waals surface area contributed by atoms with E-state index in [9.17, 15) is 8.42 Å². The van der Waals surface area contributed by atoms with Crippen molar-refractivity contribution in [1.29, 1.82) is 0 Å². The third-order valence-electron chi connectivity index (χ3n) is 4.20. The lowest BCUT2D eigenvalue weighted by molar-refractivity contribution is 0.0852. The van der Waals surface area contributed by atoms with E-state index in [2.05, 4.69) is 4.90 Å². The van der Waals surface area contributed by atoms with Crippen LogP contribution >= 0.6 is 22.9 Å². The van der Waals surface area contributed by atoms with Crippen LogP contribution in [0.25, 0.3) is 0 Å². The van der Waals surface area contributed by atoms with Crippen LogP contribution in [-0.4, -0.2) is 49.8 Å². The summed E-state index contributed by atoms with van der Waals surface area (Å²) < 4.78 is 27.0. The van der Waals surface area contributed by atoms with Gasteiger partial charge in [-0.3, -0.25) is 4.90 Å². The molecule has 0 saturated carbocycles. The Balaban J connectivity index is 1.77. The monoisotopic (exact) mass is 334 g/mol. The van der Waals surface area contributed by atoms with E-state index in [0.717, 1.165) is 24.4 Å². The van der Waals surface area contributed by atoms with Crippen LogP contribution in [0, 0.1) is 0 Å². The second kappa shape index (κ2) is 5.93. The topological polar surface area (TPSA) is 40.6 Å². The lowest BCUT2D eigenvalue weighted by atomic mass is 10.0. The van der Waals surface area contributed by atoms with Crippen LogP contribution in [0.1, 0.15) is 24.1 Å². The summed E-state index contributed by atoms with van der Waals surface area (Å²) in [5.74, 6) is 0.372. The maximum absolute atomic E-state index is 12.7. The summed E-state index contributed by atoms with van der Waals surface area (Å²) in [5, 5.41) is 1.71. The molecule has 1 atom stereocenters. The molecule has 112 valence electrons. The van der Waals surface area contributed by atoms with Crippen molar-refractivity contribution in [3.8, 4) is 0 Å². The fourth-order valence-electron chi connectivity index (χ4n) is 3.06. The van der Waals surface area contributed by atoms with Crippen LogP contribution in [0.15, 0.2) is 16.3 Å². The number of fused-ring (bicyclic) bond motifs is 1. The van der Waals surface area contributed by atoms with Crippen LogP contribution in [0.2, 0.25) is 0 Å². The van der Waals surface area contributed by atoms with Gasteiger partial charge in [0.2, 0.25) is 10.0 Å². The summed E-state index contributed by atoms with van der Waals surface area (Å²) in [6.45, 7) is 3.21. The SMILES string of the molecule is O=S(=O)(c1csc(CCl)c1)N1CCN2CCCCC2C1. The molecule has 3 heterocycles. The first kappa shape index (κ1) is 14.8. The zero-order valence-corrected chi connectivity index (χ0v) is 13.7. The Bertz CT molecular complexity index is 573. The number of hydrogen-bond acceptors (Lipinski definition) is 4. The molecule has 2 fully saturated rings. The largest absolute Gasteiger partial charge is 0.298 e. The normalized spacial score (nSPS) is 25.6. The van der Waals surface area contributed by atoms with E-state index in [1.165, 1.54) is 24.2 Å². The molecule has 1 aromatic rings. The Labute approximate surface area is 129 Å². The molecule has 0 amide bonds. The van der Waals surface area contributed by atoms with Crippen LogP contribution in [-0.2, 0) is 15.9 Å². The Kier molecular flexibility index (Phi) is 4.38. The zero-order chi connectivity index (χ0) is 14.2. The highest BCUT2D eigenvalue weighted by atomic mass is 35.5. The van der Waals surface area contributed by atoms with E-state index in [4.69, 9.17) is 11.6 Å². The molecule has 2 aliphatic rings. The lowest BCUT2D eigenvalue weighted by Gasteiger charge is -2.43. The summed E-state index contributed by atoms with van der Waals surface area (Å²) in [5.41, 5.74) is 0. The van der Waals surface area contributed by atoms with Crippen molar-refractivity contribution in [2.24, 2.45) is 0 Å². The average Bonchev–Trinajstić information content (AvgIpc) is 2.96. The first-order valence-electron chi connectivity index (χ1n) is 6.99. The zero-order valence-electron chi connectivity index (χ0n) is 11.3. The van der Waals surface area contributed by atoms with Gasteiger partial charge >= 0.3 is 0 Å². The van der Waals surface area contributed by atoms with Crippen molar-refractivity contribution < 1.29 is 8.42 Å². The van der Waals surface area contributed by atoms with Crippen molar-refractivity contribution in [2.75, 3.05) is 26.2 Å². The second-order valence-corrected chi connectivity index (χ2v) is 8.63. The first-order valence-corrected chi connectivity index (χ1v) is 9.84. The lowest BCUT2D eigenvalue weighted by Crippen LogP contribution is -2.56. The molecule has 2 saturated heterocycles. The van der Waals surface area contributed by atoms with Gasteiger partial charge in [-0.15, -0.1) is 22.9 Å². The van der Waals surface area contributed by atoms with Gasteiger partial charge in [0.25, 0.3) is 0 Å². The number of piperidine rings is 1. The van der Waals surface area contributed by atoms with Crippen molar-refractivity contribution >= 4 is 33.0 Å². The fraction of sp³-hybridized carbons (Fsp3) is 0.692. The number of hydrogen-bond donors (Lipinski definition) is 0. The van der Waals surface area contributed by atoms with Gasteiger partial charge in [0.15, 0.2) is 0 Å². The summed E-state index contributed by atoms with van der Waals surface area (Å²) >= 11 is 7.18. The highest BCUT2D eigenvalue weighted by molar-refractivity contribution is 7.89. The molecular formula is C13H19ClN2O2S2. The second-order valence-electron chi connectivity index (χ2n) is 5.43. The summed E-state index contributed by atoms with van der Waals surface area (Å²) in [7, 11) is -3.34. The predicted molar refractivity (Wildman–Crippen MR) is 81.8 cm³/mol. The number of halogens is 1. The van der Waals surface area contributed by atoms with Gasteiger partial charge in [0, 0.05) is 35.9 Å². The Morgan fingerprint density at radius 2 is 2.15 bits per heavy atom. The van der Waals surface area contributed by atoms with E-state index >= 15 is 0 Å². The molecule has 1 unspecified atom stereocenters. The number of thiophene rings is 1. The van der Waals surface area contributed by atoms with Crippen LogP contribution in [0.4, 0.5) is 0 Å². The van der Waals surface area contributed by atoms with Gasteiger partial charge in [0.05, 0.1) is 10.8 Å². The van der Waals surface area contributed by atoms with E-state index in [0.29, 0.717) is 29.9 Å². The van der Waals surface area contributed by atoms with E-state index < -0.39 is 10.0 Å². The predicted octanol–water partition coefficient (Wildman–Crippen LogP) is 2.35. The smallest absolute Gasteiger partial charge is 0.244 e. The molecule has 0 aliphatic carbocycles. The number of sulfonamides is 1. The molecule has 3 rings (SSSR count). The number of piperazine rings is 1. The first-order chi connectivity index (χ1) is 9.61. The fourth-order valence-corrected chi connectivity index (χ4v) is 5.91. The van der Waals surface area contributed by atoms with Crippen LogP contribution in [0.3, 0.4) is 0 Å². The van der Waals surface area contributed by atoms with Gasteiger partial charge < -0.3 is 0 Å². The third-order valence-corrected chi connectivity index (χ3v) is 7.57. The quantitative estimate of drug-likeness (QED) is 0.797. The standard InChI is InChI=1S/C13H19ClN2O2S2/c14-8-12-7-13(10-19-12)20(17,18)16-6-5-15-4-2-1-3-11(15)9-16/h7,10-11H,1-6,8-9H2. The molecule has 7 heteroatoms. The van der Waals surface area contributed by atoms with E-state index in [1.54, 1.807) is 15.8 Å². The minimum atomic E-state index is -3.34. The highest BCUT2D eigenvalue weighted by Gasteiger charge is 2.35. The van der Waals surface area contributed by atoms with Gasteiger partial charge in [-0.25, -0.2) is 8.42 Å². The van der Waals surface area contributed by atoms with Crippen molar-refractivity contribution in [2.45, 2.75) is 36.1 Å². The molecule has 0 radical (unpaired) electrons. The number of nitrogens with zero attached hydrogens (tertiary/aromatic N) is 2. The van der Waals surface area contributed by atoms with Gasteiger partial charge in [-0.1, -0.05) is 6.42 Å². The summed E-state index contributed by atoms with van der Waals surface area (Å²) in [6, 6.07) is 2.11. The Morgan fingerprint density at radius 1 is 1.30 bits per heavy atom. The third kappa shape index (κ3) is 2.76. The molecule has 0 bridgehead atoms. The molecule has 2 aliphatic heterocycles. The van der Waals surface area contributed by atoms with Crippen LogP contribution in [0.5, 0.6) is 0 Å². The summed E-state index contributed by atoms with van der Waals surface area (Å²) in [6.07, 6.45) is 3.57. The molecule has 4 nitrogen and oxygen atoms in total. The number of alkyl halides is 1. The number of rotatable bonds is 3. The van der Waals surface area contributed by atoms with E-state index in [1.807, 2.05) is 0 Å². The molecule has 1 aromatic heterocycles. The molecule has 0 spiro atoms. The summed E-state index contributed by atoms with van der Waals surface area (Å²) in [4.78, 5) is 3.75. The van der Waals surface area contributed by atoms with Crippen LogP contribution < -0.4 is 0 Å². The van der Waals surface area contributed by atoms with Gasteiger partial charge in [-0.05, 0) is 25.5 Å². The molecule has 0 N–H and O–H groups in total. The Hall–Kier alpha value is -0.140. The van der Waals surface area contributed by atoms with E-state index in [-0.39, 0.29) is 0 Å². The maximum atomic E-state index is 12.7.